The Kier molecular flexibility index (Phi) is 4.67. The van der Waals surface area contributed by atoms with Gasteiger partial charge in [-0.15, -0.1) is 0 Å². The summed E-state index contributed by atoms with van der Waals surface area (Å²) in [4.78, 5) is 23.2. The first-order chi connectivity index (χ1) is 14.2. The van der Waals surface area contributed by atoms with Crippen LogP contribution in [-0.2, 0) is 4.79 Å². The number of pyridine rings is 1. The molecule has 0 radical (unpaired) electrons. The molecular formula is C22H23N5OS. The van der Waals surface area contributed by atoms with Gasteiger partial charge >= 0.3 is 0 Å². The lowest BCUT2D eigenvalue weighted by Gasteiger charge is -2.18. The third-order valence-electron chi connectivity index (χ3n) is 5.94. The molecule has 3 heterocycles. The first kappa shape index (κ1) is 18.1. The summed E-state index contributed by atoms with van der Waals surface area (Å²) in [5, 5.41) is 4.14. The van der Waals surface area contributed by atoms with Gasteiger partial charge in [0.15, 0.2) is 5.13 Å². The predicted molar refractivity (Wildman–Crippen MR) is 118 cm³/mol. The molecule has 1 amide bonds. The molecule has 3 aromatic rings. The normalized spacial score (nSPS) is 22.9. The van der Waals surface area contributed by atoms with Gasteiger partial charge in [-0.1, -0.05) is 23.5 Å². The van der Waals surface area contributed by atoms with Crippen molar-refractivity contribution < 1.29 is 4.79 Å². The minimum Gasteiger partial charge on any atom is -0.384 e. The highest BCUT2D eigenvalue weighted by Gasteiger charge is 2.55. The summed E-state index contributed by atoms with van der Waals surface area (Å²) >= 11 is 1.78. The van der Waals surface area contributed by atoms with Gasteiger partial charge in [0.1, 0.15) is 5.82 Å². The van der Waals surface area contributed by atoms with Crippen LogP contribution in [0.25, 0.3) is 16.3 Å². The van der Waals surface area contributed by atoms with Crippen molar-refractivity contribution in [2.75, 3.05) is 30.3 Å². The zero-order chi connectivity index (χ0) is 19.8. The number of nitrogens with two attached hydrogens (primary N) is 1. The largest absolute Gasteiger partial charge is 0.384 e. The summed E-state index contributed by atoms with van der Waals surface area (Å²) in [5.41, 5.74) is 7.51. The summed E-state index contributed by atoms with van der Waals surface area (Å²) in [6.45, 7) is 2.91. The molecule has 2 aromatic heterocycles. The highest BCUT2D eigenvalue weighted by molar-refractivity contribution is 7.22. The van der Waals surface area contributed by atoms with Crippen LogP contribution in [0.4, 0.5) is 10.9 Å². The second-order valence-electron chi connectivity index (χ2n) is 7.79. The topological polar surface area (TPSA) is 84.1 Å². The maximum atomic E-state index is 12.0. The van der Waals surface area contributed by atoms with Crippen LogP contribution in [0.2, 0.25) is 0 Å². The van der Waals surface area contributed by atoms with Gasteiger partial charge in [0, 0.05) is 31.9 Å². The van der Waals surface area contributed by atoms with Crippen LogP contribution in [0.1, 0.15) is 12.0 Å². The van der Waals surface area contributed by atoms with E-state index in [-0.39, 0.29) is 5.91 Å². The van der Waals surface area contributed by atoms with Gasteiger partial charge < -0.3 is 16.0 Å². The van der Waals surface area contributed by atoms with Crippen molar-refractivity contribution in [1.82, 2.24) is 15.3 Å². The number of para-hydroxylation sites is 1. The smallest absolute Gasteiger partial charge is 0.244 e. The molecule has 2 aliphatic rings. The van der Waals surface area contributed by atoms with Crippen LogP contribution in [-0.4, -0.2) is 35.5 Å². The fraction of sp³-hybridized carbons (Fsp3) is 0.318. The van der Waals surface area contributed by atoms with Crippen molar-refractivity contribution in [2.45, 2.75) is 6.42 Å². The molecule has 1 aromatic carbocycles. The molecule has 2 atom stereocenters. The summed E-state index contributed by atoms with van der Waals surface area (Å²) in [6.07, 6.45) is 6.01. The molecule has 148 valence electrons. The maximum absolute atomic E-state index is 12.0. The van der Waals surface area contributed by atoms with Gasteiger partial charge in [0.25, 0.3) is 0 Å². The molecule has 1 aliphatic carbocycles. The Hall–Kier alpha value is -2.93. The van der Waals surface area contributed by atoms with E-state index in [9.17, 15) is 4.79 Å². The van der Waals surface area contributed by atoms with Crippen LogP contribution in [0.15, 0.2) is 48.7 Å². The molecule has 6 nitrogen and oxygen atoms in total. The molecule has 1 saturated carbocycles. The van der Waals surface area contributed by atoms with Crippen LogP contribution < -0.4 is 16.0 Å². The van der Waals surface area contributed by atoms with Crippen LogP contribution in [0, 0.1) is 17.8 Å². The van der Waals surface area contributed by atoms with E-state index in [1.807, 2.05) is 12.1 Å². The fourth-order valence-electron chi connectivity index (χ4n) is 4.34. The average molecular weight is 406 g/mol. The number of nitrogen functional groups attached to an aromatic ring is 1. The Labute approximate surface area is 173 Å². The first-order valence-electron chi connectivity index (χ1n) is 9.95. The van der Waals surface area contributed by atoms with Gasteiger partial charge in [0.2, 0.25) is 5.91 Å². The molecule has 1 aliphatic heterocycles. The summed E-state index contributed by atoms with van der Waals surface area (Å²) in [7, 11) is 0. The van der Waals surface area contributed by atoms with Crippen molar-refractivity contribution in [2.24, 2.45) is 17.8 Å². The number of hydrogen-bond donors (Lipinski definition) is 2. The van der Waals surface area contributed by atoms with E-state index < -0.39 is 0 Å². The van der Waals surface area contributed by atoms with Gasteiger partial charge in [-0.25, -0.2) is 9.97 Å². The number of rotatable bonds is 6. The molecular weight excluding hydrogens is 382 g/mol. The number of nitrogens with one attached hydrogen (secondary N) is 1. The lowest BCUT2D eigenvalue weighted by Crippen LogP contribution is -2.26. The molecule has 1 saturated heterocycles. The number of fused-ring (bicyclic) bond motifs is 2. The monoisotopic (exact) mass is 405 g/mol. The number of amides is 1. The zero-order valence-corrected chi connectivity index (χ0v) is 16.8. The number of thiazole rings is 1. The fourth-order valence-corrected chi connectivity index (χ4v) is 5.32. The summed E-state index contributed by atoms with van der Waals surface area (Å²) in [5.74, 6) is 2.63. The minimum atomic E-state index is -0.0660. The number of piperidine rings is 1. The first-order valence-corrected chi connectivity index (χ1v) is 10.8. The molecule has 0 bridgehead atoms. The van der Waals surface area contributed by atoms with Crippen molar-refractivity contribution in [3.05, 3.63) is 54.2 Å². The Morgan fingerprint density at radius 3 is 2.83 bits per heavy atom. The Balaban J connectivity index is 1.06. The number of hydrogen-bond acceptors (Lipinski definition) is 6. The number of anilines is 2. The summed E-state index contributed by atoms with van der Waals surface area (Å²) < 4.78 is 1.25. The highest BCUT2D eigenvalue weighted by Crippen LogP contribution is 2.54. The molecule has 7 heteroatoms. The standard InChI is InChI=1S/C22H23N5OS/c23-20-7-5-14(11-25-20)6-8-21(28)24-10-9-15-16-12-27(13-17(15)16)22-26-18-3-1-2-4-19(18)29-22/h1-8,11,15-17H,9-10,12-13H2,(H2,23,25)(H,24,28)/b8-6+. The molecule has 5 rings (SSSR count). The van der Waals surface area contributed by atoms with Gasteiger partial charge in [0.05, 0.1) is 10.2 Å². The van der Waals surface area contributed by atoms with E-state index in [0.29, 0.717) is 5.82 Å². The van der Waals surface area contributed by atoms with Crippen LogP contribution in [0.5, 0.6) is 0 Å². The van der Waals surface area contributed by atoms with E-state index in [1.54, 1.807) is 35.8 Å². The van der Waals surface area contributed by atoms with Gasteiger partial charge in [-0.3, -0.25) is 4.79 Å². The minimum absolute atomic E-state index is 0.0660. The average Bonchev–Trinajstić information content (AvgIpc) is 3.10. The molecule has 0 spiro atoms. The Morgan fingerprint density at radius 1 is 1.24 bits per heavy atom. The predicted octanol–water partition coefficient (Wildman–Crippen LogP) is 3.18. The second kappa shape index (κ2) is 7.48. The number of nitrogens with zero attached hydrogens (tertiary/aromatic N) is 3. The SMILES string of the molecule is Nc1ccc(/C=C/C(=O)NCCC2C3CN(c4nc5ccccc5s4)CC23)cn1. The molecule has 2 fully saturated rings. The van der Waals surface area contributed by atoms with Crippen molar-refractivity contribution in [3.63, 3.8) is 0 Å². The molecule has 2 unspecified atom stereocenters. The lowest BCUT2D eigenvalue weighted by atomic mass is 10.2. The molecule has 29 heavy (non-hydrogen) atoms. The van der Waals surface area contributed by atoms with Gasteiger partial charge in [-0.05, 0) is 60.1 Å². The Bertz CT molecular complexity index is 1020. The number of benzene rings is 1. The van der Waals surface area contributed by atoms with Crippen molar-refractivity contribution in [3.8, 4) is 0 Å². The Morgan fingerprint density at radius 2 is 2.07 bits per heavy atom. The summed E-state index contributed by atoms with van der Waals surface area (Å²) in [6, 6.07) is 11.9. The van der Waals surface area contributed by atoms with E-state index in [0.717, 1.165) is 60.0 Å². The zero-order valence-electron chi connectivity index (χ0n) is 16.0. The third kappa shape index (κ3) is 3.82. The van der Waals surface area contributed by atoms with Crippen molar-refractivity contribution in [1.29, 1.82) is 0 Å². The third-order valence-corrected chi connectivity index (χ3v) is 7.03. The maximum Gasteiger partial charge on any atom is 0.244 e. The number of aromatic nitrogens is 2. The lowest BCUT2D eigenvalue weighted by molar-refractivity contribution is -0.116. The second-order valence-corrected chi connectivity index (χ2v) is 8.80. The molecule has 3 N–H and O–H groups in total. The number of carbonyl (C=O) groups is 1. The van der Waals surface area contributed by atoms with Crippen LogP contribution in [0.3, 0.4) is 0 Å². The van der Waals surface area contributed by atoms with E-state index in [4.69, 9.17) is 10.7 Å². The van der Waals surface area contributed by atoms with Gasteiger partial charge in [-0.2, -0.15) is 0 Å². The van der Waals surface area contributed by atoms with E-state index in [1.165, 1.54) is 4.70 Å². The van der Waals surface area contributed by atoms with E-state index >= 15 is 0 Å². The number of carbonyl (C=O) groups excluding carboxylic acids is 1. The van der Waals surface area contributed by atoms with Crippen LogP contribution >= 0.6 is 11.3 Å². The highest BCUT2D eigenvalue weighted by atomic mass is 32.1. The van der Waals surface area contributed by atoms with E-state index in [2.05, 4.69) is 33.4 Å². The van der Waals surface area contributed by atoms with Crippen molar-refractivity contribution >= 4 is 44.5 Å². The quantitative estimate of drug-likeness (QED) is 0.616.